The molecule has 98 valence electrons. The minimum Gasteiger partial charge on any atom is -0.409 e. The summed E-state index contributed by atoms with van der Waals surface area (Å²) in [7, 11) is 0. The molecule has 0 bridgehead atoms. The lowest BCUT2D eigenvalue weighted by Gasteiger charge is -2.35. The molecular weight excluding hydrogens is 222 g/mol. The van der Waals surface area contributed by atoms with Crippen LogP contribution in [0.5, 0.6) is 0 Å². The largest absolute Gasteiger partial charge is 0.409 e. The summed E-state index contributed by atoms with van der Waals surface area (Å²) in [6.45, 7) is 4.69. The van der Waals surface area contributed by atoms with Crippen LogP contribution in [0.15, 0.2) is 5.16 Å². The molecule has 0 aromatic rings. The number of hydrogen-bond acceptors (Lipinski definition) is 4. The standard InChI is InChI=1S/C11H21N3O3/c1-11(2,9(12)13-17)10(16)14-5-3-8(7-15)4-6-14/h8,15,17H,3-7H2,1-2H3,(H2,12,13). The summed E-state index contributed by atoms with van der Waals surface area (Å²) in [6, 6.07) is 0. The van der Waals surface area contributed by atoms with E-state index in [1.807, 2.05) is 0 Å². The molecule has 0 unspecified atom stereocenters. The first-order valence-corrected chi connectivity index (χ1v) is 5.81. The van der Waals surface area contributed by atoms with Crippen molar-refractivity contribution in [1.82, 2.24) is 4.90 Å². The maximum atomic E-state index is 12.2. The zero-order chi connectivity index (χ0) is 13.1. The van der Waals surface area contributed by atoms with Crippen molar-refractivity contribution in [1.29, 1.82) is 0 Å². The molecule has 1 aliphatic heterocycles. The van der Waals surface area contributed by atoms with E-state index in [9.17, 15) is 4.79 Å². The van der Waals surface area contributed by atoms with Crippen molar-refractivity contribution in [3.8, 4) is 0 Å². The second-order valence-corrected chi connectivity index (χ2v) is 5.03. The van der Waals surface area contributed by atoms with Crippen molar-refractivity contribution in [2.24, 2.45) is 22.2 Å². The van der Waals surface area contributed by atoms with Gasteiger partial charge in [0.25, 0.3) is 0 Å². The quantitative estimate of drug-likeness (QED) is 0.281. The van der Waals surface area contributed by atoms with Crippen LogP contribution in [0.25, 0.3) is 0 Å². The second kappa shape index (κ2) is 5.35. The van der Waals surface area contributed by atoms with Crippen molar-refractivity contribution < 1.29 is 15.1 Å². The Morgan fingerprint density at radius 2 is 2.00 bits per heavy atom. The van der Waals surface area contributed by atoms with Gasteiger partial charge in [-0.1, -0.05) is 5.16 Å². The third kappa shape index (κ3) is 2.88. The molecule has 1 saturated heterocycles. The second-order valence-electron chi connectivity index (χ2n) is 5.03. The minimum atomic E-state index is -0.985. The number of carbonyl (C=O) groups excluding carboxylic acids is 1. The summed E-state index contributed by atoms with van der Waals surface area (Å²) >= 11 is 0. The molecule has 0 radical (unpaired) electrons. The van der Waals surface area contributed by atoms with Crippen LogP contribution in [-0.2, 0) is 4.79 Å². The van der Waals surface area contributed by atoms with Gasteiger partial charge in [0.05, 0.1) is 0 Å². The van der Waals surface area contributed by atoms with Gasteiger partial charge in [0.2, 0.25) is 5.91 Å². The summed E-state index contributed by atoms with van der Waals surface area (Å²) in [4.78, 5) is 13.9. The molecule has 1 heterocycles. The number of rotatable bonds is 3. The monoisotopic (exact) mass is 243 g/mol. The highest BCUT2D eigenvalue weighted by atomic mass is 16.4. The predicted octanol–water partition coefficient (Wildman–Crippen LogP) is -0.0101. The number of carbonyl (C=O) groups is 1. The smallest absolute Gasteiger partial charge is 0.235 e. The summed E-state index contributed by atoms with van der Waals surface area (Å²) < 4.78 is 0. The number of oxime groups is 1. The Kier molecular flexibility index (Phi) is 4.34. The molecule has 0 aliphatic carbocycles. The number of amidine groups is 1. The highest BCUT2D eigenvalue weighted by Crippen LogP contribution is 2.24. The number of hydrogen-bond donors (Lipinski definition) is 3. The molecule has 4 N–H and O–H groups in total. The fourth-order valence-corrected chi connectivity index (χ4v) is 1.95. The number of amides is 1. The number of nitrogens with zero attached hydrogens (tertiary/aromatic N) is 2. The average Bonchev–Trinajstić information content (AvgIpc) is 2.36. The zero-order valence-corrected chi connectivity index (χ0v) is 10.4. The first kappa shape index (κ1) is 13.8. The Labute approximate surface area is 101 Å². The Morgan fingerprint density at radius 1 is 1.47 bits per heavy atom. The lowest BCUT2D eigenvalue weighted by molar-refractivity contribution is -0.138. The van der Waals surface area contributed by atoms with Crippen LogP contribution in [-0.4, -0.2) is 46.7 Å². The summed E-state index contributed by atoms with van der Waals surface area (Å²) in [6.07, 6.45) is 1.60. The summed E-state index contributed by atoms with van der Waals surface area (Å²) in [5, 5.41) is 20.6. The average molecular weight is 243 g/mol. The predicted molar refractivity (Wildman–Crippen MR) is 63.6 cm³/mol. The van der Waals surface area contributed by atoms with Gasteiger partial charge in [-0.2, -0.15) is 0 Å². The lowest BCUT2D eigenvalue weighted by atomic mass is 9.88. The van der Waals surface area contributed by atoms with Crippen LogP contribution >= 0.6 is 0 Å². The molecule has 6 heteroatoms. The first-order valence-electron chi connectivity index (χ1n) is 5.81. The molecule has 0 atom stereocenters. The van der Waals surface area contributed by atoms with Crippen molar-refractivity contribution in [3.63, 3.8) is 0 Å². The van der Waals surface area contributed by atoms with Crippen LogP contribution in [0.2, 0.25) is 0 Å². The molecule has 0 aromatic carbocycles. The Hall–Kier alpha value is -1.30. The Balaban J connectivity index is 2.66. The molecule has 1 fully saturated rings. The van der Waals surface area contributed by atoms with E-state index in [2.05, 4.69) is 5.16 Å². The van der Waals surface area contributed by atoms with Gasteiger partial charge in [-0.05, 0) is 32.6 Å². The van der Waals surface area contributed by atoms with Crippen LogP contribution in [0, 0.1) is 11.3 Å². The van der Waals surface area contributed by atoms with E-state index >= 15 is 0 Å². The number of likely N-dealkylation sites (tertiary alicyclic amines) is 1. The molecule has 1 amide bonds. The van der Waals surface area contributed by atoms with E-state index in [1.165, 1.54) is 0 Å². The molecule has 0 saturated carbocycles. The number of aliphatic hydroxyl groups is 1. The summed E-state index contributed by atoms with van der Waals surface area (Å²) in [5.41, 5.74) is 4.54. The van der Waals surface area contributed by atoms with E-state index < -0.39 is 5.41 Å². The van der Waals surface area contributed by atoms with Crippen LogP contribution < -0.4 is 5.73 Å². The maximum Gasteiger partial charge on any atom is 0.235 e. The van der Waals surface area contributed by atoms with Gasteiger partial charge >= 0.3 is 0 Å². The molecule has 17 heavy (non-hydrogen) atoms. The van der Waals surface area contributed by atoms with Gasteiger partial charge < -0.3 is 20.9 Å². The van der Waals surface area contributed by atoms with Crippen molar-refractivity contribution in [3.05, 3.63) is 0 Å². The first-order chi connectivity index (χ1) is 7.93. The van der Waals surface area contributed by atoms with Crippen LogP contribution in [0.1, 0.15) is 26.7 Å². The summed E-state index contributed by atoms with van der Waals surface area (Å²) in [5.74, 6) is 0.0713. The van der Waals surface area contributed by atoms with Gasteiger partial charge in [0.1, 0.15) is 5.41 Å². The van der Waals surface area contributed by atoms with Gasteiger partial charge in [-0.3, -0.25) is 4.79 Å². The van der Waals surface area contributed by atoms with E-state index in [0.717, 1.165) is 12.8 Å². The lowest BCUT2D eigenvalue weighted by Crippen LogP contribution is -2.50. The Morgan fingerprint density at radius 3 is 2.41 bits per heavy atom. The van der Waals surface area contributed by atoms with E-state index in [1.54, 1.807) is 18.7 Å². The highest BCUT2D eigenvalue weighted by molar-refractivity contribution is 6.05. The molecule has 1 rings (SSSR count). The van der Waals surface area contributed by atoms with E-state index in [0.29, 0.717) is 13.1 Å². The van der Waals surface area contributed by atoms with Gasteiger partial charge in [0, 0.05) is 19.7 Å². The van der Waals surface area contributed by atoms with Crippen molar-refractivity contribution in [2.45, 2.75) is 26.7 Å². The van der Waals surface area contributed by atoms with Crippen molar-refractivity contribution >= 4 is 11.7 Å². The number of nitrogens with two attached hydrogens (primary N) is 1. The minimum absolute atomic E-state index is 0.0771. The molecular formula is C11H21N3O3. The maximum absolute atomic E-state index is 12.2. The fraction of sp³-hybridized carbons (Fsp3) is 0.818. The van der Waals surface area contributed by atoms with Crippen LogP contribution in [0.3, 0.4) is 0 Å². The van der Waals surface area contributed by atoms with Crippen molar-refractivity contribution in [2.75, 3.05) is 19.7 Å². The number of piperidine rings is 1. The normalized spacial score (nSPS) is 19.5. The third-order valence-electron chi connectivity index (χ3n) is 3.44. The van der Waals surface area contributed by atoms with Gasteiger partial charge in [-0.25, -0.2) is 0 Å². The molecule has 0 aromatic heterocycles. The molecule has 0 spiro atoms. The van der Waals surface area contributed by atoms with Gasteiger partial charge in [0.15, 0.2) is 5.84 Å². The topological polar surface area (TPSA) is 99.2 Å². The van der Waals surface area contributed by atoms with E-state index in [-0.39, 0.29) is 24.3 Å². The molecule has 1 aliphatic rings. The highest BCUT2D eigenvalue weighted by Gasteiger charge is 2.37. The molecule has 6 nitrogen and oxygen atoms in total. The number of aliphatic hydroxyl groups excluding tert-OH is 1. The Bertz CT molecular complexity index is 307. The van der Waals surface area contributed by atoms with E-state index in [4.69, 9.17) is 16.0 Å². The fourth-order valence-electron chi connectivity index (χ4n) is 1.95. The third-order valence-corrected chi connectivity index (χ3v) is 3.44. The van der Waals surface area contributed by atoms with Crippen LogP contribution in [0.4, 0.5) is 0 Å². The van der Waals surface area contributed by atoms with Gasteiger partial charge in [-0.15, -0.1) is 0 Å². The SMILES string of the molecule is CC(C)(C(=O)N1CCC(CO)CC1)C(N)=NO. The zero-order valence-electron chi connectivity index (χ0n) is 10.4.